The number of aliphatic hydroxyl groups excluding tert-OH is 1. The van der Waals surface area contributed by atoms with Crippen LogP contribution in [0.2, 0.25) is 0 Å². The fourth-order valence-corrected chi connectivity index (χ4v) is 2.37. The van der Waals surface area contributed by atoms with Gasteiger partial charge in [0.05, 0.1) is 0 Å². The number of piperidine rings is 1. The van der Waals surface area contributed by atoms with E-state index in [0.29, 0.717) is 0 Å². The van der Waals surface area contributed by atoms with Gasteiger partial charge in [-0.1, -0.05) is 6.07 Å². The fraction of sp³-hybridized carbons (Fsp3) is 0.538. The Hall–Kier alpha value is -1.70. The molecule has 116 valence electrons. The molecule has 2 heterocycles. The van der Waals surface area contributed by atoms with Gasteiger partial charge in [-0.15, -0.1) is 0 Å². The van der Waals surface area contributed by atoms with Crippen LogP contribution in [0.1, 0.15) is 23.3 Å². The second kappa shape index (κ2) is 5.97. The number of nitrogens with zero attached hydrogens (tertiary/aromatic N) is 2. The average Bonchev–Trinajstić information content (AvgIpc) is 2.45. The molecule has 2 rings (SSSR count). The van der Waals surface area contributed by atoms with Crippen LogP contribution in [0.25, 0.3) is 0 Å². The lowest BCUT2D eigenvalue weighted by Gasteiger charge is -2.34. The van der Waals surface area contributed by atoms with Crippen molar-refractivity contribution in [3.05, 3.63) is 29.8 Å². The zero-order valence-electron chi connectivity index (χ0n) is 11.0. The first-order valence-corrected chi connectivity index (χ1v) is 6.45. The number of pyridine rings is 1. The highest BCUT2D eigenvalue weighted by atomic mass is 19.4. The number of hydrogen-bond donors (Lipinski definition) is 1. The van der Waals surface area contributed by atoms with Crippen LogP contribution in [0.4, 0.5) is 17.6 Å². The van der Waals surface area contributed by atoms with E-state index >= 15 is 0 Å². The summed E-state index contributed by atoms with van der Waals surface area (Å²) in [6.45, 7) is 0.156. The summed E-state index contributed by atoms with van der Waals surface area (Å²) in [5, 5.41) is 9.20. The quantitative estimate of drug-likeness (QED) is 0.671. The molecule has 1 amide bonds. The third-order valence-corrected chi connectivity index (χ3v) is 3.54. The van der Waals surface area contributed by atoms with Gasteiger partial charge in [-0.05, 0) is 30.9 Å². The molecular formula is C13H14F4N2O2. The Bertz CT molecular complexity index is 513. The van der Waals surface area contributed by atoms with E-state index in [1.54, 1.807) is 0 Å². The molecule has 4 nitrogen and oxygen atoms in total. The van der Waals surface area contributed by atoms with Crippen molar-refractivity contribution in [2.75, 3.05) is 13.1 Å². The molecule has 1 N–H and O–H groups in total. The molecule has 1 aliphatic rings. The van der Waals surface area contributed by atoms with Crippen molar-refractivity contribution in [1.29, 1.82) is 0 Å². The lowest BCUT2D eigenvalue weighted by Crippen LogP contribution is -2.45. The number of likely N-dealkylation sites (tertiary alicyclic amines) is 1. The van der Waals surface area contributed by atoms with E-state index in [1.807, 2.05) is 0 Å². The summed E-state index contributed by atoms with van der Waals surface area (Å²) >= 11 is 0. The van der Waals surface area contributed by atoms with Crippen molar-refractivity contribution >= 4 is 5.91 Å². The summed E-state index contributed by atoms with van der Waals surface area (Å²) < 4.78 is 50.2. The Morgan fingerprint density at radius 2 is 1.95 bits per heavy atom. The molecule has 0 aromatic carbocycles. The van der Waals surface area contributed by atoms with Crippen LogP contribution in [0.5, 0.6) is 0 Å². The highest BCUT2D eigenvalue weighted by molar-refractivity contribution is 5.92. The third kappa shape index (κ3) is 3.69. The van der Waals surface area contributed by atoms with Crippen molar-refractivity contribution in [3.8, 4) is 0 Å². The second-order valence-corrected chi connectivity index (χ2v) is 4.96. The summed E-state index contributed by atoms with van der Waals surface area (Å²) in [5.74, 6) is -2.23. The zero-order valence-corrected chi connectivity index (χ0v) is 11.0. The predicted molar refractivity (Wildman–Crippen MR) is 64.9 cm³/mol. The topological polar surface area (TPSA) is 53.4 Å². The van der Waals surface area contributed by atoms with Crippen molar-refractivity contribution in [2.45, 2.75) is 25.1 Å². The number of amides is 1. The minimum Gasteiger partial charge on any atom is -0.383 e. The monoisotopic (exact) mass is 306 g/mol. The van der Waals surface area contributed by atoms with Crippen LogP contribution in [0.3, 0.4) is 0 Å². The summed E-state index contributed by atoms with van der Waals surface area (Å²) in [6.07, 6.45) is -6.94. The Morgan fingerprint density at radius 3 is 2.48 bits per heavy atom. The molecule has 1 aromatic heterocycles. The summed E-state index contributed by atoms with van der Waals surface area (Å²) in [5.41, 5.74) is -0.0789. The Morgan fingerprint density at radius 1 is 1.33 bits per heavy atom. The number of carbonyl (C=O) groups excluding carboxylic acids is 1. The lowest BCUT2D eigenvalue weighted by atomic mass is 9.91. The number of aliphatic hydroxyl groups is 1. The molecule has 1 aromatic rings. The van der Waals surface area contributed by atoms with Crippen molar-refractivity contribution < 1.29 is 27.5 Å². The van der Waals surface area contributed by atoms with Gasteiger partial charge in [-0.3, -0.25) is 4.79 Å². The van der Waals surface area contributed by atoms with E-state index in [2.05, 4.69) is 4.98 Å². The van der Waals surface area contributed by atoms with Crippen molar-refractivity contribution in [1.82, 2.24) is 9.88 Å². The molecule has 1 saturated heterocycles. The van der Waals surface area contributed by atoms with Crippen molar-refractivity contribution in [2.24, 2.45) is 5.92 Å². The first kappa shape index (κ1) is 15.7. The Labute approximate surface area is 118 Å². The minimum atomic E-state index is -4.65. The molecule has 1 unspecified atom stereocenters. The van der Waals surface area contributed by atoms with E-state index in [4.69, 9.17) is 0 Å². The van der Waals surface area contributed by atoms with Crippen LogP contribution in [0.15, 0.2) is 18.2 Å². The van der Waals surface area contributed by atoms with Crippen LogP contribution >= 0.6 is 0 Å². The highest BCUT2D eigenvalue weighted by Gasteiger charge is 2.44. The molecule has 1 atom stereocenters. The molecule has 8 heteroatoms. The zero-order chi connectivity index (χ0) is 15.6. The van der Waals surface area contributed by atoms with Gasteiger partial charge in [-0.2, -0.15) is 17.6 Å². The van der Waals surface area contributed by atoms with Crippen LogP contribution in [0, 0.1) is 11.9 Å². The van der Waals surface area contributed by atoms with Gasteiger partial charge in [0.25, 0.3) is 5.91 Å². The smallest absolute Gasteiger partial charge is 0.383 e. The predicted octanol–water partition coefficient (Wildman–Crippen LogP) is 2.00. The maximum absolute atomic E-state index is 13.0. The number of carbonyl (C=O) groups is 1. The maximum atomic E-state index is 13.0. The number of alkyl halides is 3. The number of aromatic nitrogens is 1. The maximum Gasteiger partial charge on any atom is 0.414 e. The van der Waals surface area contributed by atoms with Gasteiger partial charge in [0, 0.05) is 13.1 Å². The van der Waals surface area contributed by atoms with Gasteiger partial charge in [0.2, 0.25) is 5.95 Å². The van der Waals surface area contributed by atoms with Crippen molar-refractivity contribution in [3.63, 3.8) is 0 Å². The van der Waals surface area contributed by atoms with E-state index in [0.717, 1.165) is 6.07 Å². The van der Waals surface area contributed by atoms with E-state index in [1.165, 1.54) is 17.0 Å². The van der Waals surface area contributed by atoms with Gasteiger partial charge in [0.15, 0.2) is 6.10 Å². The fourth-order valence-electron chi connectivity index (χ4n) is 2.37. The minimum absolute atomic E-state index is 0.0434. The average molecular weight is 306 g/mol. The van der Waals surface area contributed by atoms with Gasteiger partial charge >= 0.3 is 6.18 Å². The first-order valence-electron chi connectivity index (χ1n) is 6.45. The third-order valence-electron chi connectivity index (χ3n) is 3.54. The van der Waals surface area contributed by atoms with Gasteiger partial charge in [-0.25, -0.2) is 4.98 Å². The van der Waals surface area contributed by atoms with Crippen LogP contribution in [-0.2, 0) is 0 Å². The molecule has 0 aliphatic carbocycles. The Kier molecular flexibility index (Phi) is 4.46. The number of hydrogen-bond acceptors (Lipinski definition) is 3. The molecular weight excluding hydrogens is 292 g/mol. The molecule has 0 bridgehead atoms. The van der Waals surface area contributed by atoms with E-state index in [9.17, 15) is 27.5 Å². The number of halogens is 4. The standard InChI is InChI=1S/C13H14F4N2O2/c14-10-3-1-2-9(18-10)12(21)19-6-4-8(5-7-19)11(20)13(15,16)17/h1-3,8,11,20H,4-7H2. The van der Waals surface area contributed by atoms with E-state index < -0.39 is 30.1 Å². The highest BCUT2D eigenvalue weighted by Crippen LogP contribution is 2.31. The molecule has 0 saturated carbocycles. The van der Waals surface area contributed by atoms with Crippen LogP contribution in [-0.4, -0.2) is 46.3 Å². The lowest BCUT2D eigenvalue weighted by molar-refractivity contribution is -0.222. The molecule has 0 spiro atoms. The van der Waals surface area contributed by atoms with Gasteiger partial charge < -0.3 is 10.0 Å². The molecule has 0 radical (unpaired) electrons. The molecule has 21 heavy (non-hydrogen) atoms. The summed E-state index contributed by atoms with van der Waals surface area (Å²) in [7, 11) is 0. The normalized spacial score (nSPS) is 18.6. The van der Waals surface area contributed by atoms with Gasteiger partial charge in [0.1, 0.15) is 5.69 Å². The molecule has 1 fully saturated rings. The second-order valence-electron chi connectivity index (χ2n) is 4.96. The number of rotatable bonds is 2. The van der Waals surface area contributed by atoms with Crippen LogP contribution < -0.4 is 0 Å². The molecule has 1 aliphatic heterocycles. The summed E-state index contributed by atoms with van der Waals surface area (Å²) in [6, 6.07) is 3.79. The van der Waals surface area contributed by atoms with E-state index in [-0.39, 0.29) is 31.6 Å². The SMILES string of the molecule is O=C(c1cccc(F)n1)N1CCC(C(O)C(F)(F)F)CC1. The summed E-state index contributed by atoms with van der Waals surface area (Å²) in [4.78, 5) is 16.8. The Balaban J connectivity index is 1.96. The largest absolute Gasteiger partial charge is 0.414 e. The first-order chi connectivity index (χ1) is 9.79.